The van der Waals surface area contributed by atoms with Crippen LogP contribution in [-0.4, -0.2) is 16.8 Å². The average molecular weight is 380 g/mol. The molecule has 0 saturated carbocycles. The molecule has 2 aromatic carbocycles. The van der Waals surface area contributed by atoms with E-state index in [-0.39, 0.29) is 11.8 Å². The number of hydrogen-bond acceptors (Lipinski definition) is 3. The summed E-state index contributed by atoms with van der Waals surface area (Å²) in [5.41, 5.74) is 3.24. The summed E-state index contributed by atoms with van der Waals surface area (Å²) in [5.74, 6) is -0.560. The van der Waals surface area contributed by atoms with Crippen molar-refractivity contribution < 1.29 is 9.59 Å². The molecule has 2 N–H and O–H groups in total. The molecule has 0 saturated heterocycles. The van der Waals surface area contributed by atoms with Crippen LogP contribution in [0, 0.1) is 6.92 Å². The summed E-state index contributed by atoms with van der Waals surface area (Å²) in [6.07, 6.45) is 3.37. The van der Waals surface area contributed by atoms with Gasteiger partial charge in [0.2, 0.25) is 0 Å². The van der Waals surface area contributed by atoms with Gasteiger partial charge in [0, 0.05) is 40.8 Å². The van der Waals surface area contributed by atoms with E-state index in [2.05, 4.69) is 15.6 Å². The number of rotatable bonds is 5. The van der Waals surface area contributed by atoms with Crippen LogP contribution in [0.4, 0.5) is 5.69 Å². The van der Waals surface area contributed by atoms with Gasteiger partial charge in [0.15, 0.2) is 0 Å². The van der Waals surface area contributed by atoms with Gasteiger partial charge in [-0.05, 0) is 54.4 Å². The number of nitrogens with zero attached hydrogens (tertiary/aromatic N) is 1. The maximum atomic E-state index is 12.5. The zero-order chi connectivity index (χ0) is 19.2. The van der Waals surface area contributed by atoms with Crippen LogP contribution >= 0.6 is 11.6 Å². The van der Waals surface area contributed by atoms with E-state index in [9.17, 15) is 9.59 Å². The molecule has 0 fully saturated rings. The summed E-state index contributed by atoms with van der Waals surface area (Å²) < 4.78 is 0. The zero-order valence-corrected chi connectivity index (χ0v) is 15.5. The van der Waals surface area contributed by atoms with Crippen LogP contribution in [-0.2, 0) is 6.54 Å². The lowest BCUT2D eigenvalue weighted by atomic mass is 10.1. The van der Waals surface area contributed by atoms with E-state index in [0.29, 0.717) is 28.4 Å². The van der Waals surface area contributed by atoms with E-state index in [1.807, 2.05) is 25.1 Å². The first-order chi connectivity index (χ1) is 13.0. The monoisotopic (exact) mass is 379 g/mol. The molecule has 6 heteroatoms. The summed E-state index contributed by atoms with van der Waals surface area (Å²) >= 11 is 5.99. The number of aryl methyl sites for hydroxylation is 1. The highest BCUT2D eigenvalue weighted by Crippen LogP contribution is 2.21. The molecule has 1 aromatic heterocycles. The maximum Gasteiger partial charge on any atom is 0.255 e. The van der Waals surface area contributed by atoms with Crippen LogP contribution in [0.2, 0.25) is 5.02 Å². The average Bonchev–Trinajstić information content (AvgIpc) is 2.69. The Bertz CT molecular complexity index is 974. The quantitative estimate of drug-likeness (QED) is 0.697. The third kappa shape index (κ3) is 4.92. The summed E-state index contributed by atoms with van der Waals surface area (Å²) in [6, 6.07) is 15.5. The minimum absolute atomic E-state index is 0.257. The molecule has 27 heavy (non-hydrogen) atoms. The second-order valence-corrected chi connectivity index (χ2v) is 6.47. The highest BCUT2D eigenvalue weighted by molar-refractivity contribution is 6.31. The number of carbonyl (C=O) groups is 2. The Morgan fingerprint density at radius 1 is 1.00 bits per heavy atom. The van der Waals surface area contributed by atoms with Crippen LogP contribution in [0.1, 0.15) is 31.8 Å². The smallest absolute Gasteiger partial charge is 0.255 e. The predicted molar refractivity (Wildman–Crippen MR) is 106 cm³/mol. The van der Waals surface area contributed by atoms with Gasteiger partial charge in [-0.1, -0.05) is 29.8 Å². The molecule has 0 aliphatic carbocycles. The lowest BCUT2D eigenvalue weighted by Crippen LogP contribution is -2.23. The molecule has 0 atom stereocenters. The van der Waals surface area contributed by atoms with Crippen LogP contribution in [0.5, 0.6) is 0 Å². The molecule has 0 aliphatic rings. The fraction of sp³-hybridized carbons (Fsp3) is 0.0952. The van der Waals surface area contributed by atoms with Crippen LogP contribution in [0.3, 0.4) is 0 Å². The summed E-state index contributed by atoms with van der Waals surface area (Å²) in [4.78, 5) is 28.9. The SMILES string of the molecule is Cc1ccc(Cl)cc1NC(=O)c1cccc(C(=O)NCc2cccnc2)c1. The standard InChI is InChI=1S/C21H18ClN3O2/c1-14-7-8-18(22)11-19(14)25-21(27)17-6-2-5-16(10-17)20(26)24-13-15-4-3-9-23-12-15/h2-12H,13H2,1H3,(H,24,26)(H,25,27). The van der Waals surface area contributed by atoms with Crippen molar-refractivity contribution in [2.24, 2.45) is 0 Å². The molecule has 3 rings (SSSR count). The molecule has 0 spiro atoms. The molecule has 1 heterocycles. The van der Waals surface area contributed by atoms with Crippen molar-refractivity contribution in [3.63, 3.8) is 0 Å². The topological polar surface area (TPSA) is 71.1 Å². The molecule has 0 radical (unpaired) electrons. The first-order valence-electron chi connectivity index (χ1n) is 8.37. The van der Waals surface area contributed by atoms with Gasteiger partial charge in [-0.2, -0.15) is 0 Å². The highest BCUT2D eigenvalue weighted by Gasteiger charge is 2.12. The Balaban J connectivity index is 1.69. The van der Waals surface area contributed by atoms with Gasteiger partial charge in [0.25, 0.3) is 11.8 Å². The zero-order valence-electron chi connectivity index (χ0n) is 14.7. The molecule has 2 amide bonds. The van der Waals surface area contributed by atoms with Gasteiger partial charge >= 0.3 is 0 Å². The molecule has 0 bridgehead atoms. The number of amides is 2. The number of benzene rings is 2. The Hall–Kier alpha value is -3.18. The molecular formula is C21H18ClN3O2. The fourth-order valence-electron chi connectivity index (χ4n) is 2.51. The van der Waals surface area contributed by atoms with Crippen molar-refractivity contribution >= 4 is 29.1 Å². The highest BCUT2D eigenvalue weighted by atomic mass is 35.5. The van der Waals surface area contributed by atoms with Gasteiger partial charge in [-0.25, -0.2) is 0 Å². The van der Waals surface area contributed by atoms with Gasteiger partial charge in [-0.15, -0.1) is 0 Å². The Labute approximate surface area is 162 Å². The van der Waals surface area contributed by atoms with Crippen molar-refractivity contribution in [2.75, 3.05) is 5.32 Å². The summed E-state index contributed by atoms with van der Waals surface area (Å²) in [6.45, 7) is 2.25. The second kappa shape index (κ2) is 8.47. The van der Waals surface area contributed by atoms with Crippen molar-refractivity contribution in [3.05, 3.63) is 94.3 Å². The summed E-state index contributed by atoms with van der Waals surface area (Å²) in [7, 11) is 0. The molecule has 0 unspecified atom stereocenters. The molecule has 3 aromatic rings. The number of hydrogen-bond donors (Lipinski definition) is 2. The van der Waals surface area contributed by atoms with Crippen LogP contribution in [0.25, 0.3) is 0 Å². The molecular weight excluding hydrogens is 362 g/mol. The van der Waals surface area contributed by atoms with Gasteiger partial charge in [-0.3, -0.25) is 14.6 Å². The van der Waals surface area contributed by atoms with Gasteiger partial charge in [0.05, 0.1) is 0 Å². The van der Waals surface area contributed by atoms with Crippen LogP contribution in [0.15, 0.2) is 67.0 Å². The lowest BCUT2D eigenvalue weighted by Gasteiger charge is -2.10. The number of nitrogens with one attached hydrogen (secondary N) is 2. The largest absolute Gasteiger partial charge is 0.348 e. The van der Waals surface area contributed by atoms with E-state index in [1.54, 1.807) is 48.8 Å². The van der Waals surface area contributed by atoms with Gasteiger partial charge in [0.1, 0.15) is 0 Å². The third-order valence-electron chi connectivity index (χ3n) is 4.01. The first-order valence-corrected chi connectivity index (χ1v) is 8.75. The number of halogens is 1. The van der Waals surface area contributed by atoms with Crippen molar-refractivity contribution in [1.29, 1.82) is 0 Å². The predicted octanol–water partition coefficient (Wildman–Crippen LogP) is 4.23. The Morgan fingerprint density at radius 3 is 2.52 bits per heavy atom. The van der Waals surface area contributed by atoms with Crippen molar-refractivity contribution in [1.82, 2.24) is 10.3 Å². The molecule has 136 valence electrons. The fourth-order valence-corrected chi connectivity index (χ4v) is 2.68. The molecule has 5 nitrogen and oxygen atoms in total. The second-order valence-electron chi connectivity index (χ2n) is 6.04. The number of anilines is 1. The maximum absolute atomic E-state index is 12.5. The minimum atomic E-state index is -0.303. The van der Waals surface area contributed by atoms with E-state index in [4.69, 9.17) is 11.6 Å². The third-order valence-corrected chi connectivity index (χ3v) is 4.25. The lowest BCUT2D eigenvalue weighted by molar-refractivity contribution is 0.0951. The summed E-state index contributed by atoms with van der Waals surface area (Å²) in [5, 5.41) is 6.19. The number of aromatic nitrogens is 1. The first kappa shape index (κ1) is 18.6. The van der Waals surface area contributed by atoms with E-state index >= 15 is 0 Å². The Kier molecular flexibility index (Phi) is 5.84. The van der Waals surface area contributed by atoms with E-state index < -0.39 is 0 Å². The van der Waals surface area contributed by atoms with Crippen molar-refractivity contribution in [2.45, 2.75) is 13.5 Å². The molecule has 0 aliphatic heterocycles. The number of carbonyl (C=O) groups excluding carboxylic acids is 2. The van der Waals surface area contributed by atoms with E-state index in [1.165, 1.54) is 0 Å². The Morgan fingerprint density at radius 2 is 1.78 bits per heavy atom. The normalized spacial score (nSPS) is 10.3. The number of pyridine rings is 1. The van der Waals surface area contributed by atoms with Crippen LogP contribution < -0.4 is 10.6 Å². The van der Waals surface area contributed by atoms with Gasteiger partial charge < -0.3 is 10.6 Å². The van der Waals surface area contributed by atoms with E-state index in [0.717, 1.165) is 11.1 Å². The minimum Gasteiger partial charge on any atom is -0.348 e. The van der Waals surface area contributed by atoms with Crippen molar-refractivity contribution in [3.8, 4) is 0 Å².